The lowest BCUT2D eigenvalue weighted by Crippen LogP contribution is -2.29. The van der Waals surface area contributed by atoms with Crippen molar-refractivity contribution in [1.82, 2.24) is 0 Å². The predicted octanol–water partition coefficient (Wildman–Crippen LogP) is 4.52. The van der Waals surface area contributed by atoms with Crippen LogP contribution in [0.1, 0.15) is 10.4 Å². The van der Waals surface area contributed by atoms with E-state index in [1.807, 2.05) is 24.3 Å². The molecule has 0 aliphatic carbocycles. The van der Waals surface area contributed by atoms with E-state index in [1.165, 1.54) is 0 Å². The summed E-state index contributed by atoms with van der Waals surface area (Å²) in [6.45, 7) is 6.26. The highest BCUT2D eigenvalue weighted by Crippen LogP contribution is 2.35. The smallest absolute Gasteiger partial charge is 0.242 e. The topological polar surface area (TPSA) is 26.3 Å². The number of carbonyl (C=O) groups excluding carboxylic acids is 1. The van der Waals surface area contributed by atoms with E-state index >= 15 is 0 Å². The van der Waals surface area contributed by atoms with Crippen LogP contribution < -0.4 is 4.43 Å². The van der Waals surface area contributed by atoms with Crippen molar-refractivity contribution < 1.29 is 9.22 Å². The summed E-state index contributed by atoms with van der Waals surface area (Å²) in [4.78, 5) is 11.2. The quantitative estimate of drug-likeness (QED) is 0.609. The van der Waals surface area contributed by atoms with Crippen LogP contribution in [0.2, 0.25) is 24.7 Å². The van der Waals surface area contributed by atoms with Gasteiger partial charge in [-0.05, 0) is 25.7 Å². The van der Waals surface area contributed by atoms with Gasteiger partial charge in [-0.2, -0.15) is 0 Å². The van der Waals surface area contributed by atoms with Crippen molar-refractivity contribution in [3.8, 4) is 5.75 Å². The minimum Gasteiger partial charge on any atom is -0.543 e. The standard InChI is InChI=1S/C14H15ClO2Si/c1-18(2,3)17-14-10(9-16)8-13(15)11-6-4-5-7-12(11)14/h4-9H,1-3H3. The van der Waals surface area contributed by atoms with Gasteiger partial charge < -0.3 is 4.43 Å². The molecule has 0 saturated heterocycles. The van der Waals surface area contributed by atoms with E-state index in [0.29, 0.717) is 16.3 Å². The molecule has 0 aliphatic rings. The lowest BCUT2D eigenvalue weighted by molar-refractivity contribution is 0.112. The molecule has 0 N–H and O–H groups in total. The van der Waals surface area contributed by atoms with Crippen LogP contribution in [0.25, 0.3) is 10.8 Å². The molecule has 0 aliphatic heterocycles. The Morgan fingerprint density at radius 3 is 2.33 bits per heavy atom. The van der Waals surface area contributed by atoms with Gasteiger partial charge in [0.05, 0.1) is 5.56 Å². The van der Waals surface area contributed by atoms with Crippen molar-refractivity contribution in [2.45, 2.75) is 19.6 Å². The molecule has 2 aromatic carbocycles. The Morgan fingerprint density at radius 1 is 1.17 bits per heavy atom. The third kappa shape index (κ3) is 2.57. The molecule has 2 aromatic rings. The minimum absolute atomic E-state index is 0.515. The first-order chi connectivity index (χ1) is 8.42. The van der Waals surface area contributed by atoms with Crippen LogP contribution in [0.15, 0.2) is 30.3 Å². The van der Waals surface area contributed by atoms with E-state index in [0.717, 1.165) is 17.1 Å². The van der Waals surface area contributed by atoms with Crippen molar-refractivity contribution >= 4 is 37.0 Å². The normalized spacial score (nSPS) is 11.6. The van der Waals surface area contributed by atoms with Crippen LogP contribution in [0, 0.1) is 0 Å². The maximum absolute atomic E-state index is 11.2. The summed E-state index contributed by atoms with van der Waals surface area (Å²) in [5.74, 6) is 0.657. The van der Waals surface area contributed by atoms with Gasteiger partial charge in [0, 0.05) is 15.8 Å². The average molecular weight is 279 g/mol. The Kier molecular flexibility index (Phi) is 3.46. The highest BCUT2D eigenvalue weighted by molar-refractivity contribution is 6.70. The Bertz CT molecular complexity index is 603. The third-order valence-electron chi connectivity index (χ3n) is 2.51. The molecule has 0 saturated carbocycles. The molecule has 0 atom stereocenters. The molecule has 0 heterocycles. The number of carbonyl (C=O) groups is 1. The number of aldehydes is 1. The van der Waals surface area contributed by atoms with Crippen LogP contribution in [0.5, 0.6) is 5.75 Å². The molecule has 2 rings (SSSR count). The van der Waals surface area contributed by atoms with Crippen LogP contribution in [-0.2, 0) is 0 Å². The zero-order valence-electron chi connectivity index (χ0n) is 10.7. The number of halogens is 1. The lowest BCUT2D eigenvalue weighted by atomic mass is 10.1. The number of hydrogen-bond acceptors (Lipinski definition) is 2. The molecule has 4 heteroatoms. The maximum Gasteiger partial charge on any atom is 0.242 e. The van der Waals surface area contributed by atoms with Gasteiger partial charge in [-0.1, -0.05) is 35.9 Å². The van der Waals surface area contributed by atoms with E-state index in [4.69, 9.17) is 16.0 Å². The van der Waals surface area contributed by atoms with Gasteiger partial charge >= 0.3 is 0 Å². The predicted molar refractivity (Wildman–Crippen MR) is 78.3 cm³/mol. The Labute approximate surface area is 113 Å². The van der Waals surface area contributed by atoms with Crippen molar-refractivity contribution in [1.29, 1.82) is 0 Å². The Hall–Kier alpha value is -1.32. The number of rotatable bonds is 3. The van der Waals surface area contributed by atoms with Crippen LogP contribution in [0.3, 0.4) is 0 Å². The largest absolute Gasteiger partial charge is 0.543 e. The fraction of sp³-hybridized carbons (Fsp3) is 0.214. The summed E-state index contributed by atoms with van der Waals surface area (Å²) < 4.78 is 6.04. The van der Waals surface area contributed by atoms with Gasteiger partial charge in [0.1, 0.15) is 5.75 Å². The highest BCUT2D eigenvalue weighted by atomic mass is 35.5. The van der Waals surface area contributed by atoms with Gasteiger partial charge in [-0.15, -0.1) is 0 Å². The Morgan fingerprint density at radius 2 is 1.78 bits per heavy atom. The molecule has 94 valence electrons. The molecule has 0 spiro atoms. The summed E-state index contributed by atoms with van der Waals surface area (Å²) in [5, 5.41) is 2.39. The van der Waals surface area contributed by atoms with E-state index in [1.54, 1.807) is 6.07 Å². The number of fused-ring (bicyclic) bond motifs is 1. The highest BCUT2D eigenvalue weighted by Gasteiger charge is 2.20. The first-order valence-corrected chi connectivity index (χ1v) is 9.56. The molecular weight excluding hydrogens is 264 g/mol. The van der Waals surface area contributed by atoms with Crippen LogP contribution in [0.4, 0.5) is 0 Å². The molecule has 18 heavy (non-hydrogen) atoms. The van der Waals surface area contributed by atoms with Gasteiger partial charge in [0.2, 0.25) is 8.32 Å². The van der Waals surface area contributed by atoms with E-state index in [-0.39, 0.29) is 0 Å². The van der Waals surface area contributed by atoms with E-state index < -0.39 is 8.32 Å². The molecule has 0 bridgehead atoms. The van der Waals surface area contributed by atoms with Gasteiger partial charge in [-0.3, -0.25) is 4.79 Å². The first-order valence-electron chi connectivity index (χ1n) is 5.78. The second-order valence-electron chi connectivity index (χ2n) is 5.15. The molecular formula is C14H15ClO2Si. The Balaban J connectivity index is 2.75. The van der Waals surface area contributed by atoms with E-state index in [9.17, 15) is 4.79 Å². The lowest BCUT2D eigenvalue weighted by Gasteiger charge is -2.22. The third-order valence-corrected chi connectivity index (χ3v) is 3.64. The summed E-state index contributed by atoms with van der Waals surface area (Å²) in [6.07, 6.45) is 0.799. The minimum atomic E-state index is -1.78. The van der Waals surface area contributed by atoms with Crippen molar-refractivity contribution in [2.75, 3.05) is 0 Å². The maximum atomic E-state index is 11.2. The number of benzene rings is 2. The van der Waals surface area contributed by atoms with Gasteiger partial charge in [0.25, 0.3) is 0 Å². The zero-order chi connectivity index (χ0) is 13.3. The van der Waals surface area contributed by atoms with Crippen molar-refractivity contribution in [2.24, 2.45) is 0 Å². The van der Waals surface area contributed by atoms with E-state index in [2.05, 4.69) is 19.6 Å². The summed E-state index contributed by atoms with van der Waals surface area (Å²) in [6, 6.07) is 9.39. The van der Waals surface area contributed by atoms with Crippen LogP contribution >= 0.6 is 11.6 Å². The summed E-state index contributed by atoms with van der Waals surface area (Å²) >= 11 is 6.18. The fourth-order valence-corrected chi connectivity index (χ4v) is 2.95. The second-order valence-corrected chi connectivity index (χ2v) is 9.99. The van der Waals surface area contributed by atoms with Crippen molar-refractivity contribution in [3.63, 3.8) is 0 Å². The zero-order valence-corrected chi connectivity index (χ0v) is 12.4. The van der Waals surface area contributed by atoms with Crippen molar-refractivity contribution in [3.05, 3.63) is 40.9 Å². The molecule has 0 unspecified atom stereocenters. The molecule has 0 fully saturated rings. The summed E-state index contributed by atoms with van der Waals surface area (Å²) in [7, 11) is -1.78. The molecule has 0 amide bonds. The average Bonchev–Trinajstić information content (AvgIpc) is 2.31. The first kappa shape index (κ1) is 13.1. The summed E-state index contributed by atoms with van der Waals surface area (Å²) in [5.41, 5.74) is 0.515. The molecule has 0 aromatic heterocycles. The SMILES string of the molecule is C[Si](C)(C)Oc1c(C=O)cc(Cl)c2ccccc12. The molecule has 2 nitrogen and oxygen atoms in total. The fourth-order valence-electron chi connectivity index (χ4n) is 1.83. The number of hydrogen-bond donors (Lipinski definition) is 0. The monoisotopic (exact) mass is 278 g/mol. The second kappa shape index (κ2) is 4.75. The van der Waals surface area contributed by atoms with Crippen LogP contribution in [-0.4, -0.2) is 14.6 Å². The van der Waals surface area contributed by atoms with Gasteiger partial charge in [0.15, 0.2) is 6.29 Å². The molecule has 0 radical (unpaired) electrons. The van der Waals surface area contributed by atoms with Gasteiger partial charge in [-0.25, -0.2) is 0 Å².